The molecule has 0 aliphatic carbocycles. The van der Waals surface area contributed by atoms with E-state index >= 15 is 0 Å². The predicted molar refractivity (Wildman–Crippen MR) is 91.8 cm³/mol. The quantitative estimate of drug-likeness (QED) is 0.677. The average Bonchev–Trinajstić information content (AvgIpc) is 3.00. The van der Waals surface area contributed by atoms with Gasteiger partial charge in [-0.1, -0.05) is 22.0 Å². The van der Waals surface area contributed by atoms with Gasteiger partial charge in [-0.3, -0.25) is 0 Å². The van der Waals surface area contributed by atoms with Crippen molar-refractivity contribution in [1.29, 1.82) is 0 Å². The summed E-state index contributed by atoms with van der Waals surface area (Å²) in [6, 6.07) is 8.14. The molecule has 0 bridgehead atoms. The molecule has 2 heterocycles. The van der Waals surface area contributed by atoms with E-state index in [1.807, 2.05) is 42.3 Å². The summed E-state index contributed by atoms with van der Waals surface area (Å²) < 4.78 is 5.16. The van der Waals surface area contributed by atoms with Gasteiger partial charge in [-0.15, -0.1) is 24.8 Å². The van der Waals surface area contributed by atoms with Crippen molar-refractivity contribution < 1.29 is 0 Å². The number of aryl methyl sites for hydroxylation is 1. The molecular formula is C14H15BrCl2N4. The zero-order valence-corrected chi connectivity index (χ0v) is 14.5. The lowest BCUT2D eigenvalue weighted by molar-refractivity contribution is 0.746. The molecule has 112 valence electrons. The van der Waals surface area contributed by atoms with E-state index in [4.69, 9.17) is 0 Å². The van der Waals surface area contributed by atoms with Crippen LogP contribution in [0.2, 0.25) is 0 Å². The molecule has 3 aromatic rings. The molecule has 0 aliphatic rings. The maximum absolute atomic E-state index is 4.44. The Hall–Kier alpha value is -1.30. The Balaban J connectivity index is 0.00000110. The molecule has 0 saturated heterocycles. The van der Waals surface area contributed by atoms with E-state index < -0.39 is 0 Å². The van der Waals surface area contributed by atoms with Crippen molar-refractivity contribution in [3.63, 3.8) is 0 Å². The summed E-state index contributed by atoms with van der Waals surface area (Å²) in [4.78, 5) is 8.65. The Bertz CT molecular complexity index is 708. The van der Waals surface area contributed by atoms with Crippen LogP contribution >= 0.6 is 40.7 Å². The molecule has 0 N–H and O–H groups in total. The fourth-order valence-corrected chi connectivity index (χ4v) is 2.36. The summed E-state index contributed by atoms with van der Waals surface area (Å²) in [5.41, 5.74) is 2.11. The van der Waals surface area contributed by atoms with Gasteiger partial charge in [0.15, 0.2) is 0 Å². The van der Waals surface area contributed by atoms with Crippen LogP contribution in [-0.2, 0) is 6.54 Å². The third-order valence-electron chi connectivity index (χ3n) is 3.00. The van der Waals surface area contributed by atoms with E-state index in [1.54, 1.807) is 6.20 Å². The van der Waals surface area contributed by atoms with Gasteiger partial charge in [0.2, 0.25) is 0 Å². The molecule has 0 spiro atoms. The van der Waals surface area contributed by atoms with Crippen molar-refractivity contribution in [2.45, 2.75) is 13.5 Å². The number of benzene rings is 1. The Kier molecular flexibility index (Phi) is 6.45. The number of hydrogen-bond donors (Lipinski definition) is 0. The Labute approximate surface area is 144 Å². The molecule has 0 fully saturated rings. The van der Waals surface area contributed by atoms with Crippen molar-refractivity contribution in [3.8, 4) is 5.69 Å². The molecular weight excluding hydrogens is 375 g/mol. The highest BCUT2D eigenvalue weighted by molar-refractivity contribution is 9.10. The number of aromatic nitrogens is 4. The second kappa shape index (κ2) is 7.64. The maximum Gasteiger partial charge on any atom is 0.105 e. The van der Waals surface area contributed by atoms with Crippen molar-refractivity contribution in [2.75, 3.05) is 0 Å². The monoisotopic (exact) mass is 388 g/mol. The van der Waals surface area contributed by atoms with Gasteiger partial charge in [-0.05, 0) is 25.1 Å². The van der Waals surface area contributed by atoms with Gasteiger partial charge in [0.1, 0.15) is 5.82 Å². The van der Waals surface area contributed by atoms with Gasteiger partial charge in [-0.2, -0.15) is 0 Å². The third kappa shape index (κ3) is 4.09. The number of nitrogens with zero attached hydrogens (tertiary/aromatic N) is 4. The summed E-state index contributed by atoms with van der Waals surface area (Å²) in [6.07, 6.45) is 7.65. The predicted octanol–water partition coefficient (Wildman–Crippen LogP) is 4.03. The Morgan fingerprint density at radius 2 is 2.00 bits per heavy atom. The summed E-state index contributed by atoms with van der Waals surface area (Å²) in [7, 11) is 0. The van der Waals surface area contributed by atoms with E-state index in [-0.39, 0.29) is 24.8 Å². The van der Waals surface area contributed by atoms with E-state index in [0.717, 1.165) is 28.2 Å². The molecule has 0 amide bonds. The van der Waals surface area contributed by atoms with E-state index in [9.17, 15) is 0 Å². The molecule has 3 rings (SSSR count). The van der Waals surface area contributed by atoms with Crippen LogP contribution in [0.15, 0.2) is 53.7 Å². The minimum atomic E-state index is 0. The summed E-state index contributed by atoms with van der Waals surface area (Å²) >= 11 is 3.48. The number of hydrogen-bond acceptors (Lipinski definition) is 2. The summed E-state index contributed by atoms with van der Waals surface area (Å²) in [5.74, 6) is 0.997. The highest BCUT2D eigenvalue weighted by Gasteiger charge is 2.04. The molecule has 1 aromatic carbocycles. The fourth-order valence-electron chi connectivity index (χ4n) is 1.97. The SMILES string of the molecule is Cc1nccn1Cc1cn(-c2cccc(Br)c2)cn1.Cl.Cl. The van der Waals surface area contributed by atoms with Crippen molar-refractivity contribution >= 4 is 40.7 Å². The minimum absolute atomic E-state index is 0. The number of halogens is 3. The zero-order valence-electron chi connectivity index (χ0n) is 11.3. The van der Waals surface area contributed by atoms with Crippen molar-refractivity contribution in [3.05, 3.63) is 65.2 Å². The first-order valence-corrected chi connectivity index (χ1v) is 6.78. The lowest BCUT2D eigenvalue weighted by atomic mass is 10.3. The van der Waals surface area contributed by atoms with Crippen molar-refractivity contribution in [2.24, 2.45) is 0 Å². The molecule has 21 heavy (non-hydrogen) atoms. The fraction of sp³-hybridized carbons (Fsp3) is 0.143. The standard InChI is InChI=1S/C14H13BrN4.2ClH/c1-11-16-5-6-18(11)8-13-9-19(10-17-13)14-4-2-3-12(15)7-14;;/h2-7,9-10H,8H2,1H3;2*1H. The van der Waals surface area contributed by atoms with Crippen LogP contribution in [0.1, 0.15) is 11.5 Å². The van der Waals surface area contributed by atoms with Crippen molar-refractivity contribution in [1.82, 2.24) is 19.1 Å². The highest BCUT2D eigenvalue weighted by Crippen LogP contribution is 2.16. The molecule has 0 unspecified atom stereocenters. The molecule has 0 aliphatic heterocycles. The molecule has 0 saturated carbocycles. The normalized spacial score (nSPS) is 9.81. The first kappa shape index (κ1) is 17.8. The van der Waals surface area contributed by atoms with Crippen LogP contribution in [0.5, 0.6) is 0 Å². The third-order valence-corrected chi connectivity index (χ3v) is 3.49. The van der Waals surface area contributed by atoms with Crippen LogP contribution in [0, 0.1) is 6.92 Å². The number of imidazole rings is 2. The topological polar surface area (TPSA) is 35.6 Å². The molecule has 4 nitrogen and oxygen atoms in total. The Morgan fingerprint density at radius 3 is 2.67 bits per heavy atom. The van der Waals surface area contributed by atoms with Gasteiger partial charge in [-0.25, -0.2) is 9.97 Å². The lowest BCUT2D eigenvalue weighted by Crippen LogP contribution is -2.00. The van der Waals surface area contributed by atoms with Gasteiger partial charge in [0.05, 0.1) is 18.6 Å². The molecule has 0 radical (unpaired) electrons. The van der Waals surface area contributed by atoms with Crippen LogP contribution < -0.4 is 0 Å². The zero-order chi connectivity index (χ0) is 13.2. The van der Waals surface area contributed by atoms with Crippen LogP contribution in [0.4, 0.5) is 0 Å². The molecule has 0 atom stereocenters. The van der Waals surface area contributed by atoms with E-state index in [2.05, 4.69) is 42.6 Å². The number of rotatable bonds is 3. The summed E-state index contributed by atoms with van der Waals surface area (Å²) in [6.45, 7) is 2.73. The van der Waals surface area contributed by atoms with Gasteiger partial charge >= 0.3 is 0 Å². The molecule has 7 heteroatoms. The second-order valence-electron chi connectivity index (χ2n) is 4.35. The largest absolute Gasteiger partial charge is 0.329 e. The first-order chi connectivity index (χ1) is 9.22. The van der Waals surface area contributed by atoms with Crippen LogP contribution in [0.25, 0.3) is 5.69 Å². The van der Waals surface area contributed by atoms with Gasteiger partial charge in [0, 0.05) is 28.8 Å². The second-order valence-corrected chi connectivity index (χ2v) is 5.27. The van der Waals surface area contributed by atoms with Gasteiger partial charge in [0.25, 0.3) is 0 Å². The maximum atomic E-state index is 4.44. The van der Waals surface area contributed by atoms with Gasteiger partial charge < -0.3 is 9.13 Å². The van der Waals surface area contributed by atoms with Crippen LogP contribution in [-0.4, -0.2) is 19.1 Å². The van der Waals surface area contributed by atoms with E-state index in [0.29, 0.717) is 0 Å². The van der Waals surface area contributed by atoms with E-state index in [1.165, 1.54) is 0 Å². The summed E-state index contributed by atoms with van der Waals surface area (Å²) in [5, 5.41) is 0. The molecule has 2 aromatic heterocycles. The highest BCUT2D eigenvalue weighted by atomic mass is 79.9. The lowest BCUT2D eigenvalue weighted by Gasteiger charge is -2.03. The first-order valence-electron chi connectivity index (χ1n) is 5.99. The van der Waals surface area contributed by atoms with Crippen LogP contribution in [0.3, 0.4) is 0 Å². The average molecular weight is 390 g/mol. The smallest absolute Gasteiger partial charge is 0.105 e. The minimum Gasteiger partial charge on any atom is -0.329 e. The Morgan fingerprint density at radius 1 is 1.19 bits per heavy atom.